The third-order valence-electron chi connectivity index (χ3n) is 6.32. The van der Waals surface area contributed by atoms with Crippen LogP contribution in [0.25, 0.3) is 11.1 Å². The van der Waals surface area contributed by atoms with Crippen molar-refractivity contribution in [2.24, 2.45) is 5.41 Å². The molecule has 0 fully saturated rings. The lowest BCUT2D eigenvalue weighted by molar-refractivity contribution is -0.148. The van der Waals surface area contributed by atoms with Crippen molar-refractivity contribution in [1.29, 1.82) is 0 Å². The SMILES string of the molecule is COc1cc(F)cc(-c2ccc3c(c2)N(S(=O)(=O)c2cccc(C)c2)C[C@H](CC(C)(C)C(=O)O)O3)c1F. The molecule has 196 valence electrons. The molecule has 1 aliphatic heterocycles. The fourth-order valence-electron chi connectivity index (χ4n) is 4.30. The summed E-state index contributed by atoms with van der Waals surface area (Å²) in [5, 5.41) is 9.59. The Labute approximate surface area is 214 Å². The Morgan fingerprint density at radius 2 is 1.89 bits per heavy atom. The molecule has 4 rings (SSSR count). The number of benzene rings is 3. The van der Waals surface area contributed by atoms with E-state index in [1.807, 2.05) is 0 Å². The Balaban J connectivity index is 1.86. The van der Waals surface area contributed by atoms with Crippen LogP contribution < -0.4 is 13.8 Å². The van der Waals surface area contributed by atoms with E-state index >= 15 is 4.39 Å². The zero-order valence-corrected chi connectivity index (χ0v) is 21.6. The van der Waals surface area contributed by atoms with Gasteiger partial charge in [-0.05, 0) is 62.2 Å². The molecule has 1 N–H and O–H groups in total. The zero-order chi connectivity index (χ0) is 27.1. The summed E-state index contributed by atoms with van der Waals surface area (Å²) < 4.78 is 69.0. The van der Waals surface area contributed by atoms with Gasteiger partial charge in [-0.25, -0.2) is 17.2 Å². The van der Waals surface area contributed by atoms with Crippen LogP contribution in [0.1, 0.15) is 25.8 Å². The number of aliphatic carboxylic acids is 1. The normalized spacial score (nSPS) is 15.6. The molecule has 0 bridgehead atoms. The summed E-state index contributed by atoms with van der Waals surface area (Å²) in [6, 6.07) is 12.7. The van der Waals surface area contributed by atoms with E-state index < -0.39 is 39.1 Å². The fraction of sp³-hybridized carbons (Fsp3) is 0.296. The number of nitrogens with zero attached hydrogens (tertiary/aromatic N) is 1. The highest BCUT2D eigenvalue weighted by atomic mass is 32.2. The van der Waals surface area contributed by atoms with E-state index in [2.05, 4.69) is 0 Å². The summed E-state index contributed by atoms with van der Waals surface area (Å²) in [6.07, 6.45) is -0.728. The summed E-state index contributed by atoms with van der Waals surface area (Å²) in [4.78, 5) is 11.8. The second kappa shape index (κ2) is 9.66. The van der Waals surface area contributed by atoms with Gasteiger partial charge in [0.15, 0.2) is 11.6 Å². The molecule has 7 nitrogen and oxygen atoms in total. The van der Waals surface area contributed by atoms with Gasteiger partial charge in [0, 0.05) is 18.1 Å². The van der Waals surface area contributed by atoms with Crippen molar-refractivity contribution in [3.63, 3.8) is 0 Å². The van der Waals surface area contributed by atoms with Gasteiger partial charge in [0.2, 0.25) is 0 Å². The smallest absolute Gasteiger partial charge is 0.309 e. The molecule has 37 heavy (non-hydrogen) atoms. The molecule has 0 saturated carbocycles. The summed E-state index contributed by atoms with van der Waals surface area (Å²) >= 11 is 0. The van der Waals surface area contributed by atoms with Gasteiger partial charge in [-0.1, -0.05) is 18.2 Å². The second-order valence-electron chi connectivity index (χ2n) is 9.64. The van der Waals surface area contributed by atoms with Crippen molar-refractivity contribution in [3.05, 3.63) is 71.8 Å². The van der Waals surface area contributed by atoms with Crippen molar-refractivity contribution >= 4 is 21.7 Å². The van der Waals surface area contributed by atoms with Crippen LogP contribution in [0.3, 0.4) is 0 Å². The Bertz CT molecular complexity index is 1470. The molecule has 1 heterocycles. The second-order valence-corrected chi connectivity index (χ2v) is 11.5. The average Bonchev–Trinajstić information content (AvgIpc) is 2.84. The molecule has 0 unspecified atom stereocenters. The summed E-state index contributed by atoms with van der Waals surface area (Å²) in [5.74, 6) is -2.66. The van der Waals surface area contributed by atoms with Crippen molar-refractivity contribution in [2.75, 3.05) is 18.0 Å². The summed E-state index contributed by atoms with van der Waals surface area (Å²) in [6.45, 7) is 4.68. The Morgan fingerprint density at radius 3 is 2.54 bits per heavy atom. The van der Waals surface area contributed by atoms with Crippen molar-refractivity contribution in [1.82, 2.24) is 0 Å². The molecule has 0 spiro atoms. The van der Waals surface area contributed by atoms with Gasteiger partial charge < -0.3 is 14.6 Å². The van der Waals surface area contributed by atoms with Crippen LogP contribution in [0.15, 0.2) is 59.5 Å². The van der Waals surface area contributed by atoms with Crippen LogP contribution in [0.2, 0.25) is 0 Å². The van der Waals surface area contributed by atoms with E-state index in [1.165, 1.54) is 51.3 Å². The first-order valence-corrected chi connectivity index (χ1v) is 12.9. The minimum absolute atomic E-state index is 0.0408. The van der Waals surface area contributed by atoms with E-state index in [-0.39, 0.29) is 46.2 Å². The van der Waals surface area contributed by atoms with Crippen LogP contribution in [-0.4, -0.2) is 39.3 Å². The molecule has 3 aromatic rings. The third-order valence-corrected chi connectivity index (χ3v) is 8.10. The van der Waals surface area contributed by atoms with Gasteiger partial charge in [0.05, 0.1) is 29.7 Å². The van der Waals surface area contributed by atoms with Crippen molar-refractivity contribution in [3.8, 4) is 22.6 Å². The fourth-order valence-corrected chi connectivity index (χ4v) is 5.90. The molecular weight excluding hydrogens is 504 g/mol. The molecule has 10 heteroatoms. The van der Waals surface area contributed by atoms with E-state index in [9.17, 15) is 22.7 Å². The first kappa shape index (κ1) is 26.4. The third kappa shape index (κ3) is 5.11. The number of methoxy groups -OCH3 is 1. The number of hydrogen-bond donors (Lipinski definition) is 1. The Kier molecular flexibility index (Phi) is 6.89. The Morgan fingerprint density at radius 1 is 1.16 bits per heavy atom. The van der Waals surface area contributed by atoms with Gasteiger partial charge in [0.25, 0.3) is 10.0 Å². The molecular formula is C27H27F2NO6S. The van der Waals surface area contributed by atoms with E-state index in [4.69, 9.17) is 9.47 Å². The molecule has 3 aromatic carbocycles. The van der Waals surface area contributed by atoms with Crippen LogP contribution in [0.4, 0.5) is 14.5 Å². The highest BCUT2D eigenvalue weighted by Gasteiger charge is 2.39. The maximum absolute atomic E-state index is 15.0. The van der Waals surface area contributed by atoms with Gasteiger partial charge in [-0.2, -0.15) is 0 Å². The first-order chi connectivity index (χ1) is 17.3. The number of fused-ring (bicyclic) bond motifs is 1. The largest absolute Gasteiger partial charge is 0.494 e. The van der Waals surface area contributed by atoms with E-state index in [0.717, 1.165) is 22.0 Å². The lowest BCUT2D eigenvalue weighted by Gasteiger charge is -2.38. The van der Waals surface area contributed by atoms with Gasteiger partial charge in [0.1, 0.15) is 17.7 Å². The summed E-state index contributed by atoms with van der Waals surface area (Å²) in [5.41, 5.74) is -0.206. The van der Waals surface area contributed by atoms with Crippen LogP contribution in [-0.2, 0) is 14.8 Å². The summed E-state index contributed by atoms with van der Waals surface area (Å²) in [7, 11) is -2.90. The van der Waals surface area contributed by atoms with Gasteiger partial charge >= 0.3 is 5.97 Å². The number of halogens is 2. The van der Waals surface area contributed by atoms with E-state index in [0.29, 0.717) is 0 Å². The molecule has 0 amide bonds. The average molecular weight is 532 g/mol. The predicted molar refractivity (Wildman–Crippen MR) is 135 cm³/mol. The quantitative estimate of drug-likeness (QED) is 0.439. The maximum atomic E-state index is 15.0. The highest BCUT2D eigenvalue weighted by Crippen LogP contribution is 2.43. The number of anilines is 1. The molecule has 1 atom stereocenters. The maximum Gasteiger partial charge on any atom is 0.309 e. The molecule has 0 aliphatic carbocycles. The zero-order valence-electron chi connectivity index (χ0n) is 20.8. The predicted octanol–water partition coefficient (Wildman–Crippen LogP) is 5.41. The van der Waals surface area contributed by atoms with E-state index in [1.54, 1.807) is 19.1 Å². The van der Waals surface area contributed by atoms with Crippen LogP contribution >= 0.6 is 0 Å². The van der Waals surface area contributed by atoms with Gasteiger partial charge in [-0.3, -0.25) is 9.10 Å². The molecule has 1 aliphatic rings. The number of carbonyl (C=O) groups is 1. The van der Waals surface area contributed by atoms with Crippen molar-refractivity contribution < 1.29 is 36.6 Å². The molecule has 0 saturated heterocycles. The van der Waals surface area contributed by atoms with Crippen molar-refractivity contribution in [2.45, 2.75) is 38.2 Å². The standard InChI is InChI=1S/C27H27F2NO6S/c1-16-6-5-7-20(10-16)37(33,34)30-15-19(14-27(2,3)26(31)32)36-23-9-8-17(11-22(23)30)21-12-18(28)13-24(35-4)25(21)29/h5-13,19H,14-15H2,1-4H3,(H,31,32)/t19-/m0/s1. The molecule has 0 radical (unpaired) electrons. The minimum Gasteiger partial charge on any atom is -0.494 e. The number of aryl methyl sites for hydroxylation is 1. The topological polar surface area (TPSA) is 93.1 Å². The number of carboxylic acid groups (broad SMARTS) is 1. The lowest BCUT2D eigenvalue weighted by Crippen LogP contribution is -2.46. The number of ether oxygens (including phenoxy) is 2. The minimum atomic E-state index is -4.12. The van der Waals surface area contributed by atoms with Crippen LogP contribution in [0.5, 0.6) is 11.5 Å². The number of sulfonamides is 1. The highest BCUT2D eigenvalue weighted by molar-refractivity contribution is 7.92. The Hall–Kier alpha value is -3.66. The first-order valence-electron chi connectivity index (χ1n) is 11.5. The molecule has 0 aromatic heterocycles. The van der Waals surface area contributed by atoms with Gasteiger partial charge in [-0.15, -0.1) is 0 Å². The lowest BCUT2D eigenvalue weighted by atomic mass is 9.86. The monoisotopic (exact) mass is 531 g/mol. The number of carboxylic acids is 1. The number of hydrogen-bond acceptors (Lipinski definition) is 5. The number of rotatable bonds is 7. The van der Waals surface area contributed by atoms with Crippen LogP contribution in [0, 0.1) is 24.0 Å².